The summed E-state index contributed by atoms with van der Waals surface area (Å²) in [6.45, 7) is 0. The number of hydrogen-bond acceptors (Lipinski definition) is 0. The number of nitrogens with zero attached hydrogens (tertiary/aromatic N) is 1. The standard InChI is InChI=1S/C24H16ClN/c25-19-13-10-17(11-14-19)18-12-15-24-22(16-18)21-8-4-5-9-23(21)26(24)20-6-2-1-3-7-20/h1-16H/i4D,5D,12D. The zero-order chi connectivity index (χ0) is 20.1. The van der Waals surface area contributed by atoms with Gasteiger partial charge in [0, 0.05) is 21.5 Å². The molecule has 0 amide bonds. The summed E-state index contributed by atoms with van der Waals surface area (Å²) in [4.78, 5) is 0. The number of aromatic nitrogens is 1. The van der Waals surface area contributed by atoms with Gasteiger partial charge in [0.15, 0.2) is 0 Å². The van der Waals surface area contributed by atoms with Gasteiger partial charge >= 0.3 is 0 Å². The minimum Gasteiger partial charge on any atom is -0.309 e. The van der Waals surface area contributed by atoms with Crippen LogP contribution in [0.15, 0.2) is 97.0 Å². The second-order valence-electron chi connectivity index (χ2n) is 6.20. The fourth-order valence-corrected chi connectivity index (χ4v) is 3.57. The molecule has 4 aromatic carbocycles. The van der Waals surface area contributed by atoms with Gasteiger partial charge in [0.1, 0.15) is 0 Å². The number of benzene rings is 4. The highest BCUT2D eigenvalue weighted by Crippen LogP contribution is 2.34. The van der Waals surface area contributed by atoms with Gasteiger partial charge in [0.25, 0.3) is 0 Å². The molecule has 26 heavy (non-hydrogen) atoms. The molecule has 0 N–H and O–H groups in total. The van der Waals surface area contributed by atoms with E-state index in [1.165, 1.54) is 0 Å². The Balaban J connectivity index is 1.90. The lowest BCUT2D eigenvalue weighted by atomic mass is 10.0. The van der Waals surface area contributed by atoms with Crippen LogP contribution in [0.25, 0.3) is 38.6 Å². The quantitative estimate of drug-likeness (QED) is 0.318. The average molecular weight is 357 g/mol. The molecule has 0 saturated carbocycles. The molecule has 1 nitrogen and oxygen atoms in total. The molecule has 124 valence electrons. The van der Waals surface area contributed by atoms with E-state index < -0.39 is 0 Å². The van der Waals surface area contributed by atoms with Gasteiger partial charge in [-0.05, 0) is 53.6 Å². The van der Waals surface area contributed by atoms with Gasteiger partial charge in [-0.15, -0.1) is 0 Å². The van der Waals surface area contributed by atoms with Crippen molar-refractivity contribution in [3.63, 3.8) is 0 Å². The number of fused-ring (bicyclic) bond motifs is 3. The van der Waals surface area contributed by atoms with E-state index in [-0.39, 0.29) is 12.1 Å². The summed E-state index contributed by atoms with van der Waals surface area (Å²) < 4.78 is 27.0. The predicted octanol–water partition coefficient (Wildman–Crippen LogP) is 7.10. The van der Waals surface area contributed by atoms with Gasteiger partial charge in [-0.25, -0.2) is 0 Å². The van der Waals surface area contributed by atoms with Gasteiger partial charge < -0.3 is 4.57 Å². The van der Waals surface area contributed by atoms with Crippen LogP contribution in [-0.2, 0) is 0 Å². The van der Waals surface area contributed by atoms with Crippen molar-refractivity contribution < 1.29 is 4.11 Å². The van der Waals surface area contributed by atoms with Crippen molar-refractivity contribution >= 4 is 33.4 Å². The highest BCUT2D eigenvalue weighted by atomic mass is 35.5. The normalized spacial score (nSPS) is 12.9. The van der Waals surface area contributed by atoms with Crippen LogP contribution < -0.4 is 0 Å². The maximum absolute atomic E-state index is 8.64. The highest BCUT2D eigenvalue weighted by Gasteiger charge is 2.12. The molecule has 5 rings (SSSR count). The molecule has 5 aromatic rings. The molecule has 0 aliphatic carbocycles. The zero-order valence-electron chi connectivity index (χ0n) is 16.8. The summed E-state index contributed by atoms with van der Waals surface area (Å²) in [5.74, 6) is 0. The molecule has 0 saturated heterocycles. The van der Waals surface area contributed by atoms with Crippen LogP contribution in [0, 0.1) is 0 Å². The number of para-hydroxylation sites is 2. The van der Waals surface area contributed by atoms with Gasteiger partial charge in [-0.3, -0.25) is 0 Å². The SMILES string of the molecule is [2H]c1cc2c3cc(-c4ccc(Cl)cc4)c([2H])cc3n(-c3ccccc3)c2cc1[2H]. The smallest absolute Gasteiger partial charge is 0.0630 e. The Bertz CT molecular complexity index is 1370. The van der Waals surface area contributed by atoms with Crippen molar-refractivity contribution in [2.75, 3.05) is 0 Å². The van der Waals surface area contributed by atoms with E-state index in [1.807, 2.05) is 66.7 Å². The van der Waals surface area contributed by atoms with Crippen molar-refractivity contribution in [1.82, 2.24) is 4.57 Å². The topological polar surface area (TPSA) is 4.93 Å². The van der Waals surface area contributed by atoms with Crippen molar-refractivity contribution in [2.24, 2.45) is 0 Å². The lowest BCUT2D eigenvalue weighted by Crippen LogP contribution is -1.92. The fourth-order valence-electron chi connectivity index (χ4n) is 3.44. The molecule has 0 radical (unpaired) electrons. The zero-order valence-corrected chi connectivity index (χ0v) is 14.6. The summed E-state index contributed by atoms with van der Waals surface area (Å²) >= 11 is 6.03. The van der Waals surface area contributed by atoms with Crippen molar-refractivity contribution in [1.29, 1.82) is 0 Å². The Labute approximate surface area is 161 Å². The van der Waals surface area contributed by atoms with Crippen LogP contribution in [-0.4, -0.2) is 4.57 Å². The molecule has 0 aliphatic rings. The predicted molar refractivity (Wildman–Crippen MR) is 111 cm³/mol. The van der Waals surface area contributed by atoms with E-state index >= 15 is 0 Å². The van der Waals surface area contributed by atoms with Gasteiger partial charge in [-0.1, -0.05) is 66.1 Å². The van der Waals surface area contributed by atoms with Crippen LogP contribution in [0.3, 0.4) is 0 Å². The molecule has 0 fully saturated rings. The summed E-state index contributed by atoms with van der Waals surface area (Å²) in [5, 5.41) is 2.52. The Kier molecular flexibility index (Phi) is 2.87. The largest absolute Gasteiger partial charge is 0.309 e. The van der Waals surface area contributed by atoms with Crippen LogP contribution in [0.4, 0.5) is 0 Å². The van der Waals surface area contributed by atoms with Gasteiger partial charge in [0.2, 0.25) is 0 Å². The second kappa shape index (κ2) is 6.05. The van der Waals surface area contributed by atoms with Crippen molar-refractivity contribution in [3.05, 3.63) is 102 Å². The van der Waals surface area contributed by atoms with E-state index in [9.17, 15) is 0 Å². The van der Waals surface area contributed by atoms with Crippen LogP contribution in [0.1, 0.15) is 4.11 Å². The van der Waals surface area contributed by atoms with Gasteiger partial charge in [-0.2, -0.15) is 0 Å². The second-order valence-corrected chi connectivity index (χ2v) is 6.64. The maximum atomic E-state index is 8.64. The molecule has 0 atom stereocenters. The third kappa shape index (κ3) is 2.40. The van der Waals surface area contributed by atoms with E-state index in [2.05, 4.69) is 4.57 Å². The van der Waals surface area contributed by atoms with E-state index in [1.54, 1.807) is 12.1 Å². The molecular formula is C24H16ClN. The molecule has 0 unspecified atom stereocenters. The lowest BCUT2D eigenvalue weighted by molar-refractivity contribution is 1.18. The summed E-state index contributed by atoms with van der Waals surface area (Å²) in [5.41, 5.74) is 4.44. The van der Waals surface area contributed by atoms with E-state index in [4.69, 9.17) is 15.7 Å². The van der Waals surface area contributed by atoms with Crippen molar-refractivity contribution in [3.8, 4) is 16.8 Å². The summed E-state index contributed by atoms with van der Waals surface area (Å²) in [6, 6.07) is 25.5. The molecule has 1 heterocycles. The first-order valence-electron chi connectivity index (χ1n) is 9.90. The summed E-state index contributed by atoms with van der Waals surface area (Å²) in [7, 11) is 0. The maximum Gasteiger partial charge on any atom is 0.0630 e. The molecule has 0 bridgehead atoms. The minimum absolute atomic E-state index is 0.182. The third-order valence-electron chi connectivity index (χ3n) is 4.66. The number of hydrogen-bond donors (Lipinski definition) is 0. The Morgan fingerprint density at radius 3 is 2.23 bits per heavy atom. The highest BCUT2D eigenvalue weighted by molar-refractivity contribution is 6.30. The first-order valence-corrected chi connectivity index (χ1v) is 8.78. The molecule has 0 aliphatic heterocycles. The first kappa shape index (κ1) is 12.3. The molecule has 0 spiro atoms. The van der Waals surface area contributed by atoms with Crippen molar-refractivity contribution in [2.45, 2.75) is 0 Å². The van der Waals surface area contributed by atoms with Gasteiger partial charge in [0.05, 0.1) is 15.1 Å². The van der Waals surface area contributed by atoms with E-state index in [0.717, 1.165) is 38.6 Å². The summed E-state index contributed by atoms with van der Waals surface area (Å²) in [6.07, 6.45) is 0. The van der Waals surface area contributed by atoms with Crippen LogP contribution in [0.5, 0.6) is 0 Å². The molecule has 1 aromatic heterocycles. The molecular weight excluding hydrogens is 338 g/mol. The average Bonchev–Trinajstić information content (AvgIpc) is 3.01. The van der Waals surface area contributed by atoms with Crippen LogP contribution in [0.2, 0.25) is 5.02 Å². The number of halogens is 1. The first-order chi connectivity index (χ1) is 14.0. The fraction of sp³-hybridized carbons (Fsp3) is 0. The third-order valence-corrected chi connectivity index (χ3v) is 4.91. The Morgan fingerprint density at radius 1 is 0.692 bits per heavy atom. The lowest BCUT2D eigenvalue weighted by Gasteiger charge is -2.08. The monoisotopic (exact) mass is 356 g/mol. The Morgan fingerprint density at radius 2 is 1.42 bits per heavy atom. The minimum atomic E-state index is 0.182. The van der Waals surface area contributed by atoms with E-state index in [0.29, 0.717) is 11.1 Å². The molecule has 2 heteroatoms. The van der Waals surface area contributed by atoms with Crippen LogP contribution >= 0.6 is 11.6 Å². The number of rotatable bonds is 2. The Hall–Kier alpha value is -3.03.